The molecule has 0 amide bonds. The Morgan fingerprint density at radius 2 is 1.26 bits per heavy atom. The molecule has 1 aliphatic rings. The second-order valence-electron chi connectivity index (χ2n) is 10.7. The van der Waals surface area contributed by atoms with Crippen LogP contribution < -0.4 is 0 Å². The number of allylic oxidation sites excluding steroid dienone is 4. The molecular formula is C39H28N2S. The first kappa shape index (κ1) is 24.8. The van der Waals surface area contributed by atoms with Gasteiger partial charge in [0.2, 0.25) is 0 Å². The molecule has 1 unspecified atom stereocenters. The van der Waals surface area contributed by atoms with Crippen LogP contribution >= 0.6 is 11.3 Å². The molecule has 3 heteroatoms. The van der Waals surface area contributed by atoms with Crippen molar-refractivity contribution in [3.63, 3.8) is 0 Å². The van der Waals surface area contributed by atoms with E-state index in [4.69, 9.17) is 4.98 Å². The Labute approximate surface area is 249 Å². The zero-order valence-electron chi connectivity index (χ0n) is 23.0. The Hall–Kier alpha value is -4.99. The molecule has 0 saturated carbocycles. The van der Waals surface area contributed by atoms with Crippen molar-refractivity contribution in [3.8, 4) is 33.9 Å². The van der Waals surface area contributed by atoms with Crippen molar-refractivity contribution in [2.75, 3.05) is 0 Å². The Kier molecular flexibility index (Phi) is 6.16. The Morgan fingerprint density at radius 3 is 1.98 bits per heavy atom. The molecule has 7 aromatic rings. The number of hydrogen-bond donors (Lipinski definition) is 0. The maximum atomic E-state index is 5.33. The molecule has 1 atom stereocenters. The third kappa shape index (κ3) is 4.22. The number of rotatable bonds is 5. The van der Waals surface area contributed by atoms with Crippen molar-refractivity contribution < 1.29 is 0 Å². The Bertz CT molecular complexity index is 2100. The lowest BCUT2D eigenvalue weighted by Crippen LogP contribution is -2.06. The monoisotopic (exact) mass is 556 g/mol. The van der Waals surface area contributed by atoms with Crippen LogP contribution in [0.25, 0.3) is 59.8 Å². The second-order valence-corrected chi connectivity index (χ2v) is 11.8. The zero-order valence-corrected chi connectivity index (χ0v) is 23.8. The molecule has 0 fully saturated rings. The molecule has 2 nitrogen and oxygen atoms in total. The Balaban J connectivity index is 1.28. The van der Waals surface area contributed by atoms with E-state index in [2.05, 4.69) is 156 Å². The van der Waals surface area contributed by atoms with Gasteiger partial charge in [-0.15, -0.1) is 11.3 Å². The number of benzene rings is 5. The van der Waals surface area contributed by atoms with E-state index in [0.717, 1.165) is 46.0 Å². The minimum absolute atomic E-state index is 0.322. The topological polar surface area (TPSA) is 17.8 Å². The lowest BCUT2D eigenvalue weighted by molar-refractivity contribution is 0.856. The van der Waals surface area contributed by atoms with Gasteiger partial charge in [0.15, 0.2) is 0 Å². The summed E-state index contributed by atoms with van der Waals surface area (Å²) in [7, 11) is 0. The first-order valence-electron chi connectivity index (χ1n) is 14.4. The van der Waals surface area contributed by atoms with Crippen molar-refractivity contribution in [1.29, 1.82) is 0 Å². The quantitative estimate of drug-likeness (QED) is 0.206. The van der Waals surface area contributed by atoms with Crippen LogP contribution in [-0.2, 0) is 0 Å². The highest BCUT2D eigenvalue weighted by Crippen LogP contribution is 2.43. The summed E-state index contributed by atoms with van der Waals surface area (Å²) in [5, 5.41) is 2.71. The molecule has 8 rings (SSSR count). The van der Waals surface area contributed by atoms with Crippen LogP contribution in [0.15, 0.2) is 152 Å². The fraction of sp³-hybridized carbons (Fsp3) is 0.0513. The molecule has 2 heterocycles. The molecule has 1 aliphatic carbocycles. The SMILES string of the molecule is C1=CC(c2cccc3c2sc2ccccc23)CC=C1n1c(-c2ccccc2)nc(-c2ccccc2)c1-c1ccccc1. The number of fused-ring (bicyclic) bond motifs is 3. The highest BCUT2D eigenvalue weighted by atomic mass is 32.1. The van der Waals surface area contributed by atoms with E-state index in [1.165, 1.54) is 25.7 Å². The van der Waals surface area contributed by atoms with Crippen LogP contribution in [0.4, 0.5) is 0 Å². The molecule has 0 spiro atoms. The molecule has 0 bridgehead atoms. The van der Waals surface area contributed by atoms with Crippen molar-refractivity contribution in [3.05, 3.63) is 157 Å². The van der Waals surface area contributed by atoms with Crippen molar-refractivity contribution in [2.45, 2.75) is 12.3 Å². The summed E-state index contributed by atoms with van der Waals surface area (Å²) in [5.41, 5.74) is 8.03. The summed E-state index contributed by atoms with van der Waals surface area (Å²) in [6.07, 6.45) is 8.02. The molecule has 0 N–H and O–H groups in total. The van der Waals surface area contributed by atoms with E-state index >= 15 is 0 Å². The van der Waals surface area contributed by atoms with Crippen molar-refractivity contribution >= 4 is 37.2 Å². The maximum Gasteiger partial charge on any atom is 0.145 e. The molecule has 2 aromatic heterocycles. The number of nitrogens with zero attached hydrogens (tertiary/aromatic N) is 2. The van der Waals surface area contributed by atoms with Crippen LogP contribution in [0.1, 0.15) is 17.9 Å². The average molecular weight is 557 g/mol. The van der Waals surface area contributed by atoms with E-state index in [-0.39, 0.29) is 0 Å². The summed E-state index contributed by atoms with van der Waals surface area (Å²) < 4.78 is 5.11. The van der Waals surface area contributed by atoms with Crippen molar-refractivity contribution in [1.82, 2.24) is 9.55 Å². The number of imidazole rings is 1. The summed E-state index contributed by atoms with van der Waals surface area (Å²) in [6.45, 7) is 0. The third-order valence-corrected chi connectivity index (χ3v) is 9.41. The third-order valence-electron chi connectivity index (χ3n) is 8.18. The van der Waals surface area contributed by atoms with E-state index in [0.29, 0.717) is 5.92 Å². The smallest absolute Gasteiger partial charge is 0.145 e. The van der Waals surface area contributed by atoms with Crippen molar-refractivity contribution in [2.24, 2.45) is 0 Å². The molecule has 0 radical (unpaired) electrons. The van der Waals surface area contributed by atoms with Gasteiger partial charge in [0.1, 0.15) is 5.82 Å². The fourth-order valence-electron chi connectivity index (χ4n) is 6.18. The van der Waals surface area contributed by atoms with Crippen LogP contribution in [0.3, 0.4) is 0 Å². The average Bonchev–Trinajstić information content (AvgIpc) is 3.66. The first-order chi connectivity index (χ1) is 20.8. The maximum absolute atomic E-state index is 5.33. The summed E-state index contributed by atoms with van der Waals surface area (Å²) in [6, 6.07) is 47.3. The summed E-state index contributed by atoms with van der Waals surface area (Å²) in [5.74, 6) is 1.28. The highest BCUT2D eigenvalue weighted by molar-refractivity contribution is 7.26. The van der Waals surface area contributed by atoms with Gasteiger partial charge in [-0.1, -0.05) is 140 Å². The molecule has 5 aromatic carbocycles. The van der Waals surface area contributed by atoms with Crippen LogP contribution in [0, 0.1) is 0 Å². The van der Waals surface area contributed by atoms with Gasteiger partial charge in [-0.3, -0.25) is 4.57 Å². The van der Waals surface area contributed by atoms with Gasteiger partial charge in [-0.25, -0.2) is 4.98 Å². The normalized spacial score (nSPS) is 14.9. The Morgan fingerprint density at radius 1 is 0.619 bits per heavy atom. The largest absolute Gasteiger partial charge is 0.292 e. The molecular weight excluding hydrogens is 529 g/mol. The number of hydrogen-bond acceptors (Lipinski definition) is 2. The van der Waals surface area contributed by atoms with Crippen LogP contribution in [0.5, 0.6) is 0 Å². The fourth-order valence-corrected chi connectivity index (χ4v) is 7.46. The molecule has 0 saturated heterocycles. The first-order valence-corrected chi connectivity index (χ1v) is 15.2. The van der Waals surface area contributed by atoms with Gasteiger partial charge < -0.3 is 0 Å². The van der Waals surface area contributed by atoms with E-state index in [1.54, 1.807) is 0 Å². The van der Waals surface area contributed by atoms with Gasteiger partial charge in [0, 0.05) is 48.5 Å². The molecule has 200 valence electrons. The van der Waals surface area contributed by atoms with E-state index < -0.39 is 0 Å². The highest BCUT2D eigenvalue weighted by Gasteiger charge is 2.24. The van der Waals surface area contributed by atoms with Gasteiger partial charge >= 0.3 is 0 Å². The van der Waals surface area contributed by atoms with Gasteiger partial charge in [0.05, 0.1) is 11.4 Å². The predicted molar refractivity (Wildman–Crippen MR) is 179 cm³/mol. The minimum Gasteiger partial charge on any atom is -0.292 e. The van der Waals surface area contributed by atoms with Crippen LogP contribution in [0.2, 0.25) is 0 Å². The zero-order chi connectivity index (χ0) is 27.9. The second kappa shape index (κ2) is 10.4. The standard InChI is InChI=1S/C39H28N2S/c1-4-13-28(14-5-1)36-37(29-15-6-2-7-16-29)41(39(40-36)30-17-8-3-9-18-30)31-25-23-27(24-26-31)32-20-12-21-34-33-19-10-11-22-35(33)42-38(32)34/h1-23,25-27H,24H2. The molecule has 0 aliphatic heterocycles. The summed E-state index contributed by atoms with van der Waals surface area (Å²) in [4.78, 5) is 5.33. The number of thiophene rings is 1. The predicted octanol–water partition coefficient (Wildman–Crippen LogP) is 10.8. The molecule has 42 heavy (non-hydrogen) atoms. The van der Waals surface area contributed by atoms with Gasteiger partial charge in [0.25, 0.3) is 0 Å². The number of aromatic nitrogens is 2. The van der Waals surface area contributed by atoms with E-state index in [9.17, 15) is 0 Å². The lowest BCUT2D eigenvalue weighted by atomic mass is 9.90. The van der Waals surface area contributed by atoms with E-state index in [1.807, 2.05) is 11.3 Å². The minimum atomic E-state index is 0.322. The van der Waals surface area contributed by atoms with Gasteiger partial charge in [-0.2, -0.15) is 0 Å². The van der Waals surface area contributed by atoms with Gasteiger partial charge in [-0.05, 0) is 24.1 Å². The summed E-state index contributed by atoms with van der Waals surface area (Å²) >= 11 is 1.91. The lowest BCUT2D eigenvalue weighted by Gasteiger charge is -2.21. The van der Waals surface area contributed by atoms with Crippen LogP contribution in [-0.4, -0.2) is 9.55 Å².